The van der Waals surface area contributed by atoms with Crippen molar-refractivity contribution in [2.24, 2.45) is 0 Å². The van der Waals surface area contributed by atoms with E-state index < -0.39 is 0 Å². The molecule has 0 saturated carbocycles. The summed E-state index contributed by atoms with van der Waals surface area (Å²) in [5, 5.41) is 2.13. The van der Waals surface area contributed by atoms with Crippen molar-refractivity contribution in [2.75, 3.05) is 13.3 Å². The van der Waals surface area contributed by atoms with E-state index >= 15 is 0 Å². The minimum atomic E-state index is 0.449. The Morgan fingerprint density at radius 3 is 2.93 bits per heavy atom. The van der Waals surface area contributed by atoms with E-state index in [0.29, 0.717) is 6.04 Å². The van der Waals surface area contributed by atoms with Crippen molar-refractivity contribution in [1.29, 1.82) is 0 Å². The van der Waals surface area contributed by atoms with Crippen molar-refractivity contribution in [1.82, 2.24) is 9.88 Å². The maximum atomic E-state index is 4.56. The predicted molar refractivity (Wildman–Crippen MR) is 68.2 cm³/mol. The van der Waals surface area contributed by atoms with Gasteiger partial charge >= 0.3 is 0 Å². The summed E-state index contributed by atoms with van der Waals surface area (Å²) in [6.07, 6.45) is 8.54. The molecule has 0 spiro atoms. The Balaban J connectivity index is 2.25. The van der Waals surface area contributed by atoms with Crippen molar-refractivity contribution < 1.29 is 0 Å². The molecule has 4 heteroatoms. The number of nitrogens with zero attached hydrogens (tertiary/aromatic N) is 2. The van der Waals surface area contributed by atoms with E-state index in [-0.39, 0.29) is 0 Å². The van der Waals surface area contributed by atoms with Crippen LogP contribution in [0, 0.1) is 0 Å². The summed E-state index contributed by atoms with van der Waals surface area (Å²) in [6, 6.07) is 0.449. The fourth-order valence-electron chi connectivity index (χ4n) is 1.42. The van der Waals surface area contributed by atoms with Gasteiger partial charge < -0.3 is 4.90 Å². The van der Waals surface area contributed by atoms with Crippen LogP contribution in [-0.2, 0) is 0 Å². The van der Waals surface area contributed by atoms with Crippen LogP contribution in [-0.4, -0.2) is 29.2 Å². The van der Waals surface area contributed by atoms with Gasteiger partial charge in [-0.25, -0.2) is 4.98 Å². The van der Waals surface area contributed by atoms with E-state index in [1.54, 1.807) is 23.1 Å². The minimum Gasteiger partial charge on any atom is -0.374 e. The lowest BCUT2D eigenvalue weighted by Crippen LogP contribution is -2.23. The Labute approximate surface area is 98.7 Å². The van der Waals surface area contributed by atoms with Gasteiger partial charge in [0, 0.05) is 24.0 Å². The largest absolute Gasteiger partial charge is 0.374 e. The van der Waals surface area contributed by atoms with Crippen molar-refractivity contribution in [3.8, 4) is 0 Å². The predicted octanol–water partition coefficient (Wildman–Crippen LogP) is 3.10. The van der Waals surface area contributed by atoms with Crippen LogP contribution < -0.4 is 0 Å². The van der Waals surface area contributed by atoms with Gasteiger partial charge in [-0.1, -0.05) is 17.8 Å². The molecular formula is C11H14N2S2. The number of allylic oxidation sites excluding steroid dienone is 2. The topological polar surface area (TPSA) is 16.1 Å². The van der Waals surface area contributed by atoms with E-state index in [0.717, 1.165) is 10.0 Å². The standard InChI is InChI=1S/C11H14N2S2/c1-8-6-9(4-5-13(8)2)10-7-15-11(12-10)14-3/h4-8H,1-3H3. The fraction of sp³-hybridized carbons (Fsp3) is 0.364. The highest BCUT2D eigenvalue weighted by atomic mass is 32.2. The zero-order valence-corrected chi connectivity index (χ0v) is 10.7. The molecule has 0 bridgehead atoms. The number of rotatable bonds is 2. The second-order valence-electron chi connectivity index (χ2n) is 3.55. The lowest BCUT2D eigenvalue weighted by atomic mass is 10.1. The van der Waals surface area contributed by atoms with E-state index in [4.69, 9.17) is 0 Å². The molecule has 1 aliphatic rings. The summed E-state index contributed by atoms with van der Waals surface area (Å²) in [7, 11) is 2.09. The smallest absolute Gasteiger partial charge is 0.150 e. The van der Waals surface area contributed by atoms with Crippen LogP contribution in [0.4, 0.5) is 0 Å². The molecule has 0 amide bonds. The molecule has 1 atom stereocenters. The number of likely N-dealkylation sites (N-methyl/N-ethyl adjacent to an activating group) is 1. The average molecular weight is 238 g/mol. The third-order valence-corrected chi connectivity index (χ3v) is 4.37. The van der Waals surface area contributed by atoms with Crippen LogP contribution in [0.25, 0.3) is 5.57 Å². The SMILES string of the molecule is CSc1nc(C2=CC(C)N(C)C=C2)cs1. The first-order valence-corrected chi connectivity index (χ1v) is 6.93. The molecule has 2 nitrogen and oxygen atoms in total. The van der Waals surface area contributed by atoms with Gasteiger partial charge in [0.25, 0.3) is 0 Å². The monoisotopic (exact) mass is 238 g/mol. The minimum absolute atomic E-state index is 0.449. The van der Waals surface area contributed by atoms with Crippen molar-refractivity contribution in [2.45, 2.75) is 17.3 Å². The van der Waals surface area contributed by atoms with Gasteiger partial charge in [0.15, 0.2) is 0 Å². The normalized spacial score (nSPS) is 20.6. The number of aromatic nitrogens is 1. The average Bonchev–Trinajstić information content (AvgIpc) is 2.70. The molecule has 1 aromatic heterocycles. The van der Waals surface area contributed by atoms with Gasteiger partial charge in [-0.05, 0) is 25.5 Å². The molecule has 1 aromatic rings. The molecule has 1 aliphatic heterocycles. The van der Waals surface area contributed by atoms with Gasteiger partial charge in [0.2, 0.25) is 0 Å². The van der Waals surface area contributed by atoms with Crippen molar-refractivity contribution >= 4 is 28.7 Å². The highest BCUT2D eigenvalue weighted by molar-refractivity contribution is 8.00. The molecule has 0 aliphatic carbocycles. The maximum Gasteiger partial charge on any atom is 0.150 e. The van der Waals surface area contributed by atoms with Crippen LogP contribution >= 0.6 is 23.1 Å². The lowest BCUT2D eigenvalue weighted by Gasteiger charge is -2.24. The molecule has 0 fully saturated rings. The molecule has 2 heterocycles. The van der Waals surface area contributed by atoms with E-state index in [9.17, 15) is 0 Å². The van der Waals surface area contributed by atoms with Gasteiger partial charge in [-0.15, -0.1) is 11.3 Å². The first-order valence-electron chi connectivity index (χ1n) is 4.82. The summed E-state index contributed by atoms with van der Waals surface area (Å²) in [5.41, 5.74) is 2.33. The molecule has 1 unspecified atom stereocenters. The van der Waals surface area contributed by atoms with Crippen LogP contribution in [0.5, 0.6) is 0 Å². The summed E-state index contributed by atoms with van der Waals surface area (Å²) < 4.78 is 1.13. The highest BCUT2D eigenvalue weighted by Crippen LogP contribution is 2.27. The quantitative estimate of drug-likeness (QED) is 0.737. The Morgan fingerprint density at radius 1 is 1.53 bits per heavy atom. The Hall–Kier alpha value is -0.740. The molecule has 0 aromatic carbocycles. The van der Waals surface area contributed by atoms with Crippen molar-refractivity contribution in [3.63, 3.8) is 0 Å². The van der Waals surface area contributed by atoms with Crippen LogP contribution in [0.1, 0.15) is 12.6 Å². The van der Waals surface area contributed by atoms with Crippen LogP contribution in [0.2, 0.25) is 0 Å². The number of hydrogen-bond acceptors (Lipinski definition) is 4. The fourth-order valence-corrected chi connectivity index (χ4v) is 2.69. The number of hydrogen-bond donors (Lipinski definition) is 0. The first-order chi connectivity index (χ1) is 7.20. The van der Waals surface area contributed by atoms with E-state index in [1.165, 1.54) is 5.57 Å². The van der Waals surface area contributed by atoms with E-state index in [2.05, 4.69) is 53.8 Å². The van der Waals surface area contributed by atoms with Gasteiger partial charge in [-0.3, -0.25) is 0 Å². The van der Waals surface area contributed by atoms with Gasteiger partial charge in [-0.2, -0.15) is 0 Å². The summed E-state index contributed by atoms with van der Waals surface area (Å²) in [6.45, 7) is 2.19. The van der Waals surface area contributed by atoms with Crippen molar-refractivity contribution in [3.05, 3.63) is 29.4 Å². The second kappa shape index (κ2) is 4.41. The second-order valence-corrected chi connectivity index (χ2v) is 5.46. The van der Waals surface area contributed by atoms with Gasteiger partial charge in [0.05, 0.1) is 5.69 Å². The van der Waals surface area contributed by atoms with E-state index in [1.807, 2.05) is 0 Å². The summed E-state index contributed by atoms with van der Waals surface area (Å²) >= 11 is 3.41. The molecule has 2 rings (SSSR count). The van der Waals surface area contributed by atoms with Crippen LogP contribution in [0.15, 0.2) is 28.1 Å². The molecule has 80 valence electrons. The lowest BCUT2D eigenvalue weighted by molar-refractivity contribution is 0.404. The number of thioether (sulfide) groups is 1. The third-order valence-electron chi connectivity index (χ3n) is 2.51. The van der Waals surface area contributed by atoms with Crippen LogP contribution in [0.3, 0.4) is 0 Å². The molecular weight excluding hydrogens is 224 g/mol. The molecule has 0 radical (unpaired) electrons. The number of thiazole rings is 1. The zero-order chi connectivity index (χ0) is 10.8. The Kier molecular flexibility index (Phi) is 3.17. The van der Waals surface area contributed by atoms with Gasteiger partial charge in [0.1, 0.15) is 4.34 Å². The zero-order valence-electron chi connectivity index (χ0n) is 9.10. The molecule has 0 N–H and O–H groups in total. The Bertz CT molecular complexity index is 406. The first kappa shape index (κ1) is 10.8. The summed E-state index contributed by atoms with van der Waals surface area (Å²) in [4.78, 5) is 6.74. The third kappa shape index (κ3) is 2.26. The summed E-state index contributed by atoms with van der Waals surface area (Å²) in [5.74, 6) is 0. The Morgan fingerprint density at radius 2 is 2.33 bits per heavy atom. The highest BCUT2D eigenvalue weighted by Gasteiger charge is 2.12. The molecule has 0 saturated heterocycles. The molecule has 15 heavy (non-hydrogen) atoms. The maximum absolute atomic E-state index is 4.56.